The third-order valence-corrected chi connectivity index (χ3v) is 4.47. The molecule has 0 radical (unpaired) electrons. The molecule has 1 aromatic carbocycles. The normalized spacial score (nSPS) is 19.1. The molecule has 0 spiro atoms. The highest BCUT2D eigenvalue weighted by molar-refractivity contribution is 5.38. The molecular weight excluding hydrogens is 274 g/mol. The van der Waals surface area contributed by atoms with Crippen LogP contribution >= 0.6 is 0 Å². The Kier molecular flexibility index (Phi) is 5.87. The summed E-state index contributed by atoms with van der Waals surface area (Å²) in [6, 6.07) is 8.13. The van der Waals surface area contributed by atoms with Gasteiger partial charge < -0.3 is 14.7 Å². The predicted molar refractivity (Wildman–Crippen MR) is 91.5 cm³/mol. The summed E-state index contributed by atoms with van der Waals surface area (Å²) in [4.78, 5) is 2.35. The molecule has 0 amide bonds. The molecule has 1 atom stereocenters. The van der Waals surface area contributed by atoms with E-state index in [1.54, 1.807) is 0 Å². The van der Waals surface area contributed by atoms with Crippen molar-refractivity contribution in [2.45, 2.75) is 52.1 Å². The average molecular weight is 305 g/mol. The molecule has 1 saturated heterocycles. The van der Waals surface area contributed by atoms with Crippen molar-refractivity contribution < 1.29 is 9.84 Å². The predicted octanol–water partition coefficient (Wildman–Crippen LogP) is 3.46. The second-order valence-corrected chi connectivity index (χ2v) is 7.69. The molecule has 1 fully saturated rings. The van der Waals surface area contributed by atoms with Crippen molar-refractivity contribution in [1.29, 1.82) is 0 Å². The van der Waals surface area contributed by atoms with E-state index in [2.05, 4.69) is 38.7 Å². The van der Waals surface area contributed by atoms with Crippen LogP contribution in [0.5, 0.6) is 5.75 Å². The fourth-order valence-electron chi connectivity index (χ4n) is 2.99. The van der Waals surface area contributed by atoms with Crippen LogP contribution in [0, 0.1) is 5.92 Å². The Labute approximate surface area is 135 Å². The maximum Gasteiger partial charge on any atom is 0.123 e. The van der Waals surface area contributed by atoms with Crippen molar-refractivity contribution in [3.05, 3.63) is 29.8 Å². The highest BCUT2D eigenvalue weighted by Crippen LogP contribution is 2.31. The highest BCUT2D eigenvalue weighted by Gasteiger charge is 2.21. The van der Waals surface area contributed by atoms with Crippen molar-refractivity contribution in [2.24, 2.45) is 5.92 Å². The number of aliphatic hydroxyl groups is 1. The topological polar surface area (TPSA) is 32.7 Å². The monoisotopic (exact) mass is 305 g/mol. The molecule has 1 aliphatic rings. The molecule has 22 heavy (non-hydrogen) atoms. The fraction of sp³-hybridized carbons (Fsp3) is 0.684. The standard InChI is InChI=1S/C19H31NO2/c1-15-9-11-20(12-10-15)13-16(21)14-22-18-8-6-5-7-17(18)19(2,3)4/h5-8,15-16,21H,9-14H2,1-4H3/t16-/m1/s1. The van der Waals surface area contributed by atoms with Gasteiger partial charge in [0.25, 0.3) is 0 Å². The Bertz CT molecular complexity index is 459. The number of β-amino-alcohol motifs (C(OH)–C–C–N with tert-alkyl or cyclic N) is 1. The summed E-state index contributed by atoms with van der Waals surface area (Å²) in [6.45, 7) is 12.1. The van der Waals surface area contributed by atoms with Gasteiger partial charge in [-0.05, 0) is 48.9 Å². The highest BCUT2D eigenvalue weighted by atomic mass is 16.5. The van der Waals surface area contributed by atoms with Gasteiger partial charge in [0.05, 0.1) is 0 Å². The van der Waals surface area contributed by atoms with Crippen LogP contribution in [0.2, 0.25) is 0 Å². The second-order valence-electron chi connectivity index (χ2n) is 7.69. The lowest BCUT2D eigenvalue weighted by Crippen LogP contribution is -2.40. The first kappa shape index (κ1) is 17.3. The zero-order valence-corrected chi connectivity index (χ0v) is 14.5. The Morgan fingerprint density at radius 1 is 1.23 bits per heavy atom. The van der Waals surface area contributed by atoms with E-state index in [0.717, 1.165) is 24.8 Å². The van der Waals surface area contributed by atoms with Gasteiger partial charge in [-0.3, -0.25) is 0 Å². The van der Waals surface area contributed by atoms with Crippen LogP contribution in [-0.4, -0.2) is 42.4 Å². The molecule has 0 aromatic heterocycles. The summed E-state index contributed by atoms with van der Waals surface area (Å²) < 4.78 is 5.91. The van der Waals surface area contributed by atoms with Crippen LogP contribution in [0.1, 0.15) is 46.1 Å². The van der Waals surface area contributed by atoms with E-state index >= 15 is 0 Å². The zero-order chi connectivity index (χ0) is 16.2. The summed E-state index contributed by atoms with van der Waals surface area (Å²) in [5.74, 6) is 1.71. The molecule has 1 aromatic rings. The van der Waals surface area contributed by atoms with Gasteiger partial charge in [-0.2, -0.15) is 0 Å². The number of para-hydroxylation sites is 1. The van der Waals surface area contributed by atoms with Crippen molar-refractivity contribution in [3.8, 4) is 5.75 Å². The summed E-state index contributed by atoms with van der Waals surface area (Å²) in [7, 11) is 0. The van der Waals surface area contributed by atoms with Gasteiger partial charge in [-0.25, -0.2) is 0 Å². The van der Waals surface area contributed by atoms with Crippen LogP contribution < -0.4 is 4.74 Å². The van der Waals surface area contributed by atoms with E-state index in [1.165, 1.54) is 18.4 Å². The molecule has 0 saturated carbocycles. The summed E-state index contributed by atoms with van der Waals surface area (Å²) in [6.07, 6.45) is 2.04. The summed E-state index contributed by atoms with van der Waals surface area (Å²) in [5.41, 5.74) is 1.24. The third-order valence-electron chi connectivity index (χ3n) is 4.47. The number of aliphatic hydroxyl groups excluding tert-OH is 1. The van der Waals surface area contributed by atoms with Gasteiger partial charge in [0.1, 0.15) is 18.5 Å². The van der Waals surface area contributed by atoms with Gasteiger partial charge in [0, 0.05) is 6.54 Å². The maximum atomic E-state index is 10.3. The summed E-state index contributed by atoms with van der Waals surface area (Å²) >= 11 is 0. The minimum Gasteiger partial charge on any atom is -0.491 e. The molecule has 2 rings (SSSR count). The van der Waals surface area contributed by atoms with Crippen molar-refractivity contribution in [1.82, 2.24) is 4.90 Å². The van der Waals surface area contributed by atoms with Gasteiger partial charge >= 0.3 is 0 Å². The molecular formula is C19H31NO2. The first-order chi connectivity index (χ1) is 10.4. The van der Waals surface area contributed by atoms with Gasteiger partial charge in [0.2, 0.25) is 0 Å². The van der Waals surface area contributed by atoms with Crippen LogP contribution in [0.3, 0.4) is 0 Å². The van der Waals surface area contributed by atoms with Crippen LogP contribution in [0.25, 0.3) is 0 Å². The first-order valence-electron chi connectivity index (χ1n) is 8.49. The van der Waals surface area contributed by atoms with E-state index < -0.39 is 6.10 Å². The molecule has 1 N–H and O–H groups in total. The van der Waals surface area contributed by atoms with E-state index in [4.69, 9.17) is 4.74 Å². The number of piperidine rings is 1. The quantitative estimate of drug-likeness (QED) is 0.904. The fourth-order valence-corrected chi connectivity index (χ4v) is 2.99. The van der Waals surface area contributed by atoms with Gasteiger partial charge in [-0.1, -0.05) is 45.9 Å². The third kappa shape index (κ3) is 4.99. The number of rotatable bonds is 5. The molecule has 1 heterocycles. The minimum absolute atomic E-state index is 0.0462. The van der Waals surface area contributed by atoms with Gasteiger partial charge in [-0.15, -0.1) is 0 Å². The lowest BCUT2D eigenvalue weighted by Gasteiger charge is -2.31. The van der Waals surface area contributed by atoms with Crippen LogP contribution in [0.15, 0.2) is 24.3 Å². The SMILES string of the molecule is CC1CCN(C[C@@H](O)COc2ccccc2C(C)(C)C)CC1. The van der Waals surface area contributed by atoms with Crippen molar-refractivity contribution in [2.75, 3.05) is 26.2 Å². The number of hydrogen-bond acceptors (Lipinski definition) is 3. The molecule has 0 bridgehead atoms. The number of nitrogens with zero attached hydrogens (tertiary/aromatic N) is 1. The zero-order valence-electron chi connectivity index (χ0n) is 14.5. The summed E-state index contributed by atoms with van der Waals surface area (Å²) in [5, 5.41) is 10.3. The lowest BCUT2D eigenvalue weighted by atomic mass is 9.86. The average Bonchev–Trinajstić information content (AvgIpc) is 2.47. The van der Waals surface area contributed by atoms with E-state index in [1.807, 2.05) is 18.2 Å². The smallest absolute Gasteiger partial charge is 0.123 e. The van der Waals surface area contributed by atoms with Gasteiger partial charge in [0.15, 0.2) is 0 Å². The molecule has 3 nitrogen and oxygen atoms in total. The Hall–Kier alpha value is -1.06. The van der Waals surface area contributed by atoms with Crippen LogP contribution in [-0.2, 0) is 5.41 Å². The van der Waals surface area contributed by atoms with E-state index in [9.17, 15) is 5.11 Å². The van der Waals surface area contributed by atoms with Crippen LogP contribution in [0.4, 0.5) is 0 Å². The molecule has 124 valence electrons. The van der Waals surface area contributed by atoms with Crippen molar-refractivity contribution in [3.63, 3.8) is 0 Å². The molecule has 0 aliphatic carbocycles. The second kappa shape index (κ2) is 7.47. The number of benzene rings is 1. The number of likely N-dealkylation sites (tertiary alicyclic amines) is 1. The number of hydrogen-bond donors (Lipinski definition) is 1. The molecule has 1 aliphatic heterocycles. The van der Waals surface area contributed by atoms with Crippen molar-refractivity contribution >= 4 is 0 Å². The van der Waals surface area contributed by atoms with E-state index in [0.29, 0.717) is 13.2 Å². The maximum absolute atomic E-state index is 10.3. The molecule has 0 unspecified atom stereocenters. The molecule has 3 heteroatoms. The lowest BCUT2D eigenvalue weighted by molar-refractivity contribution is 0.0557. The largest absolute Gasteiger partial charge is 0.491 e. The Morgan fingerprint density at radius 2 is 1.86 bits per heavy atom. The first-order valence-corrected chi connectivity index (χ1v) is 8.49. The Morgan fingerprint density at radius 3 is 2.50 bits per heavy atom. The Balaban J connectivity index is 1.85. The van der Waals surface area contributed by atoms with E-state index in [-0.39, 0.29) is 5.41 Å². The number of ether oxygens (including phenoxy) is 1. The minimum atomic E-state index is -0.429.